The number of hydrogen-bond donors (Lipinski definition) is 2. The highest BCUT2D eigenvalue weighted by Gasteiger charge is 2.36. The van der Waals surface area contributed by atoms with Crippen molar-refractivity contribution in [1.82, 2.24) is 0 Å². The second kappa shape index (κ2) is 3.77. The Morgan fingerprint density at radius 2 is 2.13 bits per heavy atom. The Morgan fingerprint density at radius 1 is 1.40 bits per heavy atom. The van der Waals surface area contributed by atoms with Crippen LogP contribution < -0.4 is 5.73 Å². The van der Waals surface area contributed by atoms with Crippen molar-refractivity contribution >= 4 is 5.84 Å². The molecule has 0 radical (unpaired) electrons. The van der Waals surface area contributed by atoms with E-state index in [0.29, 0.717) is 12.8 Å². The summed E-state index contributed by atoms with van der Waals surface area (Å²) < 4.78 is 5.48. The van der Waals surface area contributed by atoms with Crippen LogP contribution in [0.1, 0.15) is 12.0 Å². The lowest BCUT2D eigenvalue weighted by Gasteiger charge is -2.27. The molecule has 1 heterocycles. The Kier molecular flexibility index (Phi) is 2.46. The van der Waals surface area contributed by atoms with E-state index >= 15 is 0 Å². The molecule has 1 aromatic carbocycles. The highest BCUT2D eigenvalue weighted by molar-refractivity contribution is 5.87. The molecule has 1 atom stereocenters. The van der Waals surface area contributed by atoms with Crippen molar-refractivity contribution < 1.29 is 4.74 Å². The second-order valence-corrected chi connectivity index (χ2v) is 3.76. The summed E-state index contributed by atoms with van der Waals surface area (Å²) in [7, 11) is 0. The third-order valence-corrected chi connectivity index (χ3v) is 2.66. The molecule has 0 aliphatic carbocycles. The van der Waals surface area contributed by atoms with Gasteiger partial charge in [0.05, 0.1) is 6.26 Å². The van der Waals surface area contributed by atoms with Crippen LogP contribution in [0.15, 0.2) is 42.7 Å². The van der Waals surface area contributed by atoms with Gasteiger partial charge in [0.2, 0.25) is 0 Å². The quantitative estimate of drug-likeness (QED) is 0.580. The molecule has 0 bridgehead atoms. The lowest BCUT2D eigenvalue weighted by atomic mass is 9.91. The fourth-order valence-corrected chi connectivity index (χ4v) is 1.77. The van der Waals surface area contributed by atoms with Crippen LogP contribution in [0.25, 0.3) is 0 Å². The highest BCUT2D eigenvalue weighted by Crippen LogP contribution is 2.27. The van der Waals surface area contributed by atoms with Gasteiger partial charge in [0.1, 0.15) is 5.84 Å². The van der Waals surface area contributed by atoms with Crippen LogP contribution in [0.2, 0.25) is 0 Å². The van der Waals surface area contributed by atoms with Gasteiger partial charge in [-0.2, -0.15) is 0 Å². The standard InChI is InChI=1S/C12H14N2O/c13-11(14)12(7-4-8-15-12)9-10-5-2-1-3-6-10/h1-6,8H,7,9H2,(H3,13,14). The minimum atomic E-state index is -0.651. The Labute approximate surface area is 89.1 Å². The van der Waals surface area contributed by atoms with Crippen LogP contribution in [0, 0.1) is 5.41 Å². The van der Waals surface area contributed by atoms with Gasteiger partial charge in [0.15, 0.2) is 5.60 Å². The van der Waals surface area contributed by atoms with Gasteiger partial charge in [-0.25, -0.2) is 0 Å². The number of nitrogens with two attached hydrogens (primary N) is 1. The maximum absolute atomic E-state index is 7.60. The van der Waals surface area contributed by atoms with Crippen molar-refractivity contribution in [2.75, 3.05) is 0 Å². The first kappa shape index (κ1) is 9.77. The van der Waals surface area contributed by atoms with Crippen LogP contribution in [0.5, 0.6) is 0 Å². The molecule has 1 unspecified atom stereocenters. The Balaban J connectivity index is 2.19. The van der Waals surface area contributed by atoms with E-state index in [9.17, 15) is 0 Å². The smallest absolute Gasteiger partial charge is 0.171 e. The summed E-state index contributed by atoms with van der Waals surface area (Å²) in [6.45, 7) is 0. The van der Waals surface area contributed by atoms with Gasteiger partial charge in [-0.15, -0.1) is 0 Å². The maximum Gasteiger partial charge on any atom is 0.171 e. The summed E-state index contributed by atoms with van der Waals surface area (Å²) in [6, 6.07) is 9.97. The normalized spacial score (nSPS) is 23.7. The topological polar surface area (TPSA) is 59.1 Å². The predicted molar refractivity (Wildman–Crippen MR) is 59.6 cm³/mol. The van der Waals surface area contributed by atoms with Crippen LogP contribution in [0.4, 0.5) is 0 Å². The minimum Gasteiger partial charge on any atom is -0.487 e. The van der Waals surface area contributed by atoms with Crippen LogP contribution >= 0.6 is 0 Å². The third kappa shape index (κ3) is 1.86. The molecule has 0 fully saturated rings. The molecule has 1 aliphatic heterocycles. The number of ether oxygens (including phenoxy) is 1. The number of hydrogen-bond acceptors (Lipinski definition) is 2. The van der Waals surface area contributed by atoms with Gasteiger partial charge in [-0.05, 0) is 11.6 Å². The van der Waals surface area contributed by atoms with Crippen LogP contribution in [0.3, 0.4) is 0 Å². The summed E-state index contributed by atoms with van der Waals surface area (Å²) in [5.74, 6) is 0.0938. The summed E-state index contributed by atoms with van der Waals surface area (Å²) in [4.78, 5) is 0. The van der Waals surface area contributed by atoms with Gasteiger partial charge in [-0.1, -0.05) is 30.3 Å². The minimum absolute atomic E-state index is 0.0938. The largest absolute Gasteiger partial charge is 0.487 e. The van der Waals surface area contributed by atoms with Crippen molar-refractivity contribution in [2.24, 2.45) is 5.73 Å². The zero-order chi connectivity index (χ0) is 10.7. The molecule has 3 nitrogen and oxygen atoms in total. The second-order valence-electron chi connectivity index (χ2n) is 3.76. The molecule has 78 valence electrons. The van der Waals surface area contributed by atoms with Gasteiger partial charge in [0.25, 0.3) is 0 Å². The van der Waals surface area contributed by atoms with Crippen LogP contribution in [-0.2, 0) is 11.2 Å². The molecular weight excluding hydrogens is 188 g/mol. The van der Waals surface area contributed by atoms with E-state index in [1.54, 1.807) is 6.26 Å². The molecule has 15 heavy (non-hydrogen) atoms. The van der Waals surface area contributed by atoms with Gasteiger partial charge in [-0.3, -0.25) is 5.41 Å². The average molecular weight is 202 g/mol. The SMILES string of the molecule is N=C(N)C1(Cc2ccccc2)CC=CO1. The van der Waals surface area contributed by atoms with Crippen molar-refractivity contribution in [3.05, 3.63) is 48.2 Å². The molecule has 3 heteroatoms. The lowest BCUT2D eigenvalue weighted by molar-refractivity contribution is 0.110. The number of amidine groups is 1. The Bertz CT molecular complexity index is 376. The fraction of sp³-hybridized carbons (Fsp3) is 0.250. The number of benzene rings is 1. The lowest BCUT2D eigenvalue weighted by Crippen LogP contribution is -2.44. The van der Waals surface area contributed by atoms with E-state index in [1.807, 2.05) is 36.4 Å². The molecule has 1 aliphatic rings. The van der Waals surface area contributed by atoms with E-state index in [1.165, 1.54) is 0 Å². The van der Waals surface area contributed by atoms with Crippen molar-refractivity contribution in [3.8, 4) is 0 Å². The van der Waals surface area contributed by atoms with E-state index in [-0.39, 0.29) is 5.84 Å². The van der Waals surface area contributed by atoms with E-state index < -0.39 is 5.60 Å². The summed E-state index contributed by atoms with van der Waals surface area (Å²) in [5.41, 5.74) is 6.08. The van der Waals surface area contributed by atoms with Crippen LogP contribution in [-0.4, -0.2) is 11.4 Å². The first-order chi connectivity index (χ1) is 7.23. The van der Waals surface area contributed by atoms with Crippen molar-refractivity contribution in [3.63, 3.8) is 0 Å². The van der Waals surface area contributed by atoms with E-state index in [4.69, 9.17) is 15.9 Å². The molecule has 0 amide bonds. The maximum atomic E-state index is 7.60. The summed E-state index contributed by atoms with van der Waals surface area (Å²) >= 11 is 0. The Hall–Kier alpha value is -1.77. The molecular formula is C12H14N2O. The van der Waals surface area contributed by atoms with Gasteiger partial charge >= 0.3 is 0 Å². The highest BCUT2D eigenvalue weighted by atomic mass is 16.5. The van der Waals surface area contributed by atoms with E-state index in [2.05, 4.69) is 0 Å². The zero-order valence-corrected chi connectivity index (χ0v) is 8.44. The molecule has 0 aromatic heterocycles. The third-order valence-electron chi connectivity index (χ3n) is 2.66. The Morgan fingerprint density at radius 3 is 2.67 bits per heavy atom. The summed E-state index contributed by atoms with van der Waals surface area (Å²) in [6.07, 6.45) is 4.86. The number of nitrogens with one attached hydrogen (secondary N) is 1. The number of rotatable bonds is 3. The molecule has 0 saturated heterocycles. The first-order valence-electron chi connectivity index (χ1n) is 4.94. The van der Waals surface area contributed by atoms with Crippen molar-refractivity contribution in [1.29, 1.82) is 5.41 Å². The average Bonchev–Trinajstić information content (AvgIpc) is 2.69. The van der Waals surface area contributed by atoms with Gasteiger partial charge < -0.3 is 10.5 Å². The zero-order valence-electron chi connectivity index (χ0n) is 8.44. The monoisotopic (exact) mass is 202 g/mol. The molecule has 0 saturated carbocycles. The fourth-order valence-electron chi connectivity index (χ4n) is 1.77. The predicted octanol–water partition coefficient (Wildman–Crippen LogP) is 1.84. The van der Waals surface area contributed by atoms with Gasteiger partial charge in [0, 0.05) is 12.8 Å². The molecule has 1 aromatic rings. The van der Waals surface area contributed by atoms with Crippen molar-refractivity contribution in [2.45, 2.75) is 18.4 Å². The molecule has 3 N–H and O–H groups in total. The molecule has 0 spiro atoms. The molecule has 2 rings (SSSR count). The first-order valence-corrected chi connectivity index (χ1v) is 4.94. The van der Waals surface area contributed by atoms with E-state index in [0.717, 1.165) is 5.56 Å². The summed E-state index contributed by atoms with van der Waals surface area (Å²) in [5, 5.41) is 7.60.